The van der Waals surface area contributed by atoms with Gasteiger partial charge in [-0.3, -0.25) is 0 Å². The molecule has 1 aromatic rings. The van der Waals surface area contributed by atoms with Crippen molar-refractivity contribution in [1.82, 2.24) is 0 Å². The van der Waals surface area contributed by atoms with Gasteiger partial charge in [0.25, 0.3) is 0 Å². The number of ether oxygens (including phenoxy) is 1. The maximum absolute atomic E-state index is 11.1. The summed E-state index contributed by atoms with van der Waals surface area (Å²) in [5.41, 5.74) is 0. The van der Waals surface area contributed by atoms with Crippen LogP contribution in [0.2, 0.25) is 0 Å². The highest BCUT2D eigenvalue weighted by Crippen LogP contribution is 2.18. The molecule has 13 heavy (non-hydrogen) atoms. The maximum Gasteiger partial charge on any atom is 0.348 e. The van der Waals surface area contributed by atoms with Gasteiger partial charge in [0.05, 0.1) is 7.11 Å². The largest absolute Gasteiger partial charge is 0.465 e. The maximum atomic E-state index is 11.1. The van der Waals surface area contributed by atoms with E-state index in [0.29, 0.717) is 4.88 Å². The molecule has 0 unspecified atom stereocenters. The lowest BCUT2D eigenvalue weighted by molar-refractivity contribution is 0.0606. The van der Waals surface area contributed by atoms with E-state index in [9.17, 15) is 4.79 Å². The summed E-state index contributed by atoms with van der Waals surface area (Å²) < 4.78 is 4.61. The molecule has 0 saturated heterocycles. The van der Waals surface area contributed by atoms with Crippen molar-refractivity contribution < 1.29 is 9.53 Å². The Kier molecular flexibility index (Phi) is 4.32. The molecule has 72 valence electrons. The normalized spacial score (nSPS) is 10.0. The van der Waals surface area contributed by atoms with Crippen molar-refractivity contribution in [2.75, 3.05) is 12.9 Å². The van der Waals surface area contributed by atoms with E-state index >= 15 is 0 Å². The third-order valence-corrected chi connectivity index (χ3v) is 3.07. The number of rotatable bonds is 4. The summed E-state index contributed by atoms with van der Waals surface area (Å²) in [5.74, 6) is 0.632. The molecule has 0 spiro atoms. The van der Waals surface area contributed by atoms with Gasteiger partial charge in [-0.1, -0.05) is 0 Å². The first-order valence-electron chi connectivity index (χ1n) is 4.06. The van der Waals surface area contributed by atoms with Crippen molar-refractivity contribution in [3.8, 4) is 0 Å². The second-order valence-corrected chi connectivity index (χ2v) is 4.20. The number of hydrogen-bond donors (Lipinski definition) is 1. The number of thiol groups is 1. The molecule has 1 heterocycles. The summed E-state index contributed by atoms with van der Waals surface area (Å²) in [6, 6.07) is 3.78. The molecular formula is C9H12O2S2. The summed E-state index contributed by atoms with van der Waals surface area (Å²) in [6.07, 6.45) is 2.04. The molecule has 0 aliphatic heterocycles. The first-order valence-corrected chi connectivity index (χ1v) is 5.50. The van der Waals surface area contributed by atoms with Gasteiger partial charge in [0.1, 0.15) is 4.88 Å². The van der Waals surface area contributed by atoms with E-state index in [2.05, 4.69) is 17.4 Å². The lowest BCUT2D eigenvalue weighted by Gasteiger charge is -1.93. The highest BCUT2D eigenvalue weighted by molar-refractivity contribution is 7.80. The third-order valence-electron chi connectivity index (χ3n) is 1.63. The minimum Gasteiger partial charge on any atom is -0.465 e. The molecule has 0 radical (unpaired) electrons. The highest BCUT2D eigenvalue weighted by Gasteiger charge is 2.07. The predicted molar refractivity (Wildman–Crippen MR) is 57.8 cm³/mol. The zero-order chi connectivity index (χ0) is 9.68. The Hall–Kier alpha value is -0.480. The molecule has 4 heteroatoms. The van der Waals surface area contributed by atoms with Crippen LogP contribution in [-0.2, 0) is 11.2 Å². The molecule has 1 aromatic heterocycles. The van der Waals surface area contributed by atoms with E-state index in [1.807, 2.05) is 12.1 Å². The molecule has 0 saturated carbocycles. The van der Waals surface area contributed by atoms with E-state index in [0.717, 1.165) is 18.6 Å². The minimum atomic E-state index is -0.248. The summed E-state index contributed by atoms with van der Waals surface area (Å²) in [6.45, 7) is 0. The van der Waals surface area contributed by atoms with Crippen LogP contribution in [0.5, 0.6) is 0 Å². The van der Waals surface area contributed by atoms with Gasteiger partial charge in [0.2, 0.25) is 0 Å². The van der Waals surface area contributed by atoms with Crippen molar-refractivity contribution in [3.05, 3.63) is 21.9 Å². The number of hydrogen-bond acceptors (Lipinski definition) is 4. The van der Waals surface area contributed by atoms with Crippen LogP contribution in [0.4, 0.5) is 0 Å². The number of methoxy groups -OCH3 is 1. The molecule has 1 rings (SSSR count). The van der Waals surface area contributed by atoms with Gasteiger partial charge in [0.15, 0.2) is 0 Å². The molecule has 2 nitrogen and oxygen atoms in total. The van der Waals surface area contributed by atoms with Gasteiger partial charge in [-0.15, -0.1) is 11.3 Å². The highest BCUT2D eigenvalue weighted by atomic mass is 32.1. The van der Waals surface area contributed by atoms with E-state index < -0.39 is 0 Å². The number of carbonyl (C=O) groups excluding carboxylic acids is 1. The minimum absolute atomic E-state index is 0.248. The smallest absolute Gasteiger partial charge is 0.348 e. The molecule has 0 aromatic carbocycles. The summed E-state index contributed by atoms with van der Waals surface area (Å²) in [4.78, 5) is 13.0. The first kappa shape index (κ1) is 10.6. The van der Waals surface area contributed by atoms with E-state index in [1.165, 1.54) is 23.3 Å². The third kappa shape index (κ3) is 3.04. The average Bonchev–Trinajstić information content (AvgIpc) is 2.62. The summed E-state index contributed by atoms with van der Waals surface area (Å²) in [5, 5.41) is 0. The zero-order valence-electron chi connectivity index (χ0n) is 7.45. The van der Waals surface area contributed by atoms with Crippen LogP contribution in [0.25, 0.3) is 0 Å². The lowest BCUT2D eigenvalue weighted by Crippen LogP contribution is -1.96. The van der Waals surface area contributed by atoms with E-state index in [4.69, 9.17) is 0 Å². The summed E-state index contributed by atoms with van der Waals surface area (Å²) in [7, 11) is 1.40. The standard InChI is InChI=1S/C9H12O2S2/c1-11-9(10)8-5-4-7(13-8)3-2-6-12/h4-5,12H,2-3,6H2,1H3. The van der Waals surface area contributed by atoms with Gasteiger partial charge in [-0.25, -0.2) is 4.79 Å². The number of aryl methyl sites for hydroxylation is 1. The molecule has 0 aliphatic rings. The lowest BCUT2D eigenvalue weighted by atomic mass is 10.3. The van der Waals surface area contributed by atoms with Crippen LogP contribution in [0.1, 0.15) is 21.0 Å². The number of esters is 1. The van der Waals surface area contributed by atoms with Crippen LogP contribution in [0.3, 0.4) is 0 Å². The Morgan fingerprint density at radius 2 is 2.38 bits per heavy atom. The first-order chi connectivity index (χ1) is 6.27. The van der Waals surface area contributed by atoms with Crippen molar-refractivity contribution >= 4 is 29.9 Å². The Balaban J connectivity index is 2.58. The topological polar surface area (TPSA) is 26.3 Å². The van der Waals surface area contributed by atoms with Gasteiger partial charge in [-0.2, -0.15) is 12.6 Å². The number of carbonyl (C=O) groups is 1. The van der Waals surface area contributed by atoms with Crippen LogP contribution in [-0.4, -0.2) is 18.8 Å². The predicted octanol–water partition coefficient (Wildman–Crippen LogP) is 2.40. The van der Waals surface area contributed by atoms with Gasteiger partial charge >= 0.3 is 5.97 Å². The number of thiophene rings is 1. The van der Waals surface area contributed by atoms with Crippen molar-refractivity contribution in [2.24, 2.45) is 0 Å². The zero-order valence-corrected chi connectivity index (χ0v) is 9.16. The Morgan fingerprint density at radius 3 is 3.00 bits per heavy atom. The van der Waals surface area contributed by atoms with Crippen LogP contribution >= 0.6 is 24.0 Å². The van der Waals surface area contributed by atoms with E-state index in [-0.39, 0.29) is 5.97 Å². The molecular weight excluding hydrogens is 204 g/mol. The second kappa shape index (κ2) is 5.29. The molecule has 0 amide bonds. The van der Waals surface area contributed by atoms with Gasteiger partial charge in [0, 0.05) is 4.88 Å². The Morgan fingerprint density at radius 1 is 1.62 bits per heavy atom. The van der Waals surface area contributed by atoms with Gasteiger partial charge < -0.3 is 4.74 Å². The van der Waals surface area contributed by atoms with Crippen molar-refractivity contribution in [3.63, 3.8) is 0 Å². The van der Waals surface area contributed by atoms with Gasteiger partial charge in [-0.05, 0) is 30.7 Å². The second-order valence-electron chi connectivity index (χ2n) is 2.58. The SMILES string of the molecule is COC(=O)c1ccc(CCCS)s1. The fourth-order valence-electron chi connectivity index (χ4n) is 0.976. The summed E-state index contributed by atoms with van der Waals surface area (Å²) >= 11 is 5.63. The Bertz CT molecular complexity index is 281. The molecule has 0 fully saturated rings. The van der Waals surface area contributed by atoms with Crippen LogP contribution in [0.15, 0.2) is 12.1 Å². The quantitative estimate of drug-likeness (QED) is 0.618. The molecule has 0 N–H and O–H groups in total. The molecule has 0 atom stereocenters. The Labute approximate surface area is 87.3 Å². The van der Waals surface area contributed by atoms with Crippen LogP contribution < -0.4 is 0 Å². The van der Waals surface area contributed by atoms with E-state index in [1.54, 1.807) is 0 Å². The fourth-order valence-corrected chi connectivity index (χ4v) is 2.10. The average molecular weight is 216 g/mol. The molecule has 0 bridgehead atoms. The van der Waals surface area contributed by atoms with Crippen molar-refractivity contribution in [2.45, 2.75) is 12.8 Å². The fraction of sp³-hybridized carbons (Fsp3) is 0.444. The van der Waals surface area contributed by atoms with Crippen molar-refractivity contribution in [1.29, 1.82) is 0 Å². The van der Waals surface area contributed by atoms with Crippen LogP contribution in [0, 0.1) is 0 Å². The molecule has 0 aliphatic carbocycles. The monoisotopic (exact) mass is 216 g/mol.